The van der Waals surface area contributed by atoms with Crippen molar-refractivity contribution in [3.05, 3.63) is 48.2 Å². The summed E-state index contributed by atoms with van der Waals surface area (Å²) >= 11 is 0. The van der Waals surface area contributed by atoms with Crippen molar-refractivity contribution in [3.8, 4) is 17.0 Å². The molecule has 0 atom stereocenters. The summed E-state index contributed by atoms with van der Waals surface area (Å²) in [7, 11) is 0. The van der Waals surface area contributed by atoms with Crippen molar-refractivity contribution in [1.29, 1.82) is 0 Å². The average Bonchev–Trinajstić information content (AvgIpc) is 2.76. The standard InChI is InChI=1S/C26H39NO2/c1-3-5-7-8-12-23-13-15-24(16-14-23)26-18-17-25(22-27-26)29-21-11-10-20-28-19-9-6-4-2/h13-18,22H,3-12,19-21H2,1-2H3. The number of unbranched alkanes of at least 4 members (excludes halogenated alkanes) is 6. The molecule has 1 aromatic carbocycles. The Bertz CT molecular complexity index is 637. The molecule has 0 aliphatic rings. The lowest BCUT2D eigenvalue weighted by Gasteiger charge is -2.08. The van der Waals surface area contributed by atoms with E-state index in [2.05, 4.69) is 43.1 Å². The summed E-state index contributed by atoms with van der Waals surface area (Å²) in [5.41, 5.74) is 3.57. The Morgan fingerprint density at radius 2 is 1.38 bits per heavy atom. The molecule has 0 saturated carbocycles. The number of aryl methyl sites for hydroxylation is 1. The average molecular weight is 398 g/mol. The first-order chi connectivity index (χ1) is 14.3. The van der Waals surface area contributed by atoms with Gasteiger partial charge in [0.25, 0.3) is 0 Å². The molecular formula is C26H39NO2. The van der Waals surface area contributed by atoms with E-state index < -0.39 is 0 Å². The highest BCUT2D eigenvalue weighted by Gasteiger charge is 2.02. The fourth-order valence-electron chi connectivity index (χ4n) is 3.29. The summed E-state index contributed by atoms with van der Waals surface area (Å²) in [5.74, 6) is 0.838. The number of aromatic nitrogens is 1. The van der Waals surface area contributed by atoms with E-state index in [0.717, 1.165) is 43.1 Å². The summed E-state index contributed by atoms with van der Waals surface area (Å²) in [6, 6.07) is 12.9. The van der Waals surface area contributed by atoms with Gasteiger partial charge in [0, 0.05) is 18.8 Å². The molecule has 2 rings (SSSR count). The van der Waals surface area contributed by atoms with Gasteiger partial charge in [0.05, 0.1) is 18.5 Å². The number of pyridine rings is 1. The first-order valence-corrected chi connectivity index (χ1v) is 11.6. The van der Waals surface area contributed by atoms with Gasteiger partial charge in [0.15, 0.2) is 0 Å². The van der Waals surface area contributed by atoms with E-state index in [1.54, 1.807) is 0 Å². The summed E-state index contributed by atoms with van der Waals surface area (Å²) in [6.07, 6.45) is 14.0. The lowest BCUT2D eigenvalue weighted by molar-refractivity contribution is 0.123. The van der Waals surface area contributed by atoms with Crippen molar-refractivity contribution in [2.75, 3.05) is 19.8 Å². The molecule has 0 unspecified atom stereocenters. The van der Waals surface area contributed by atoms with Crippen LogP contribution in [0.1, 0.15) is 77.2 Å². The van der Waals surface area contributed by atoms with Crippen LogP contribution in [0, 0.1) is 0 Å². The minimum Gasteiger partial charge on any atom is -0.492 e. The highest BCUT2D eigenvalue weighted by molar-refractivity contribution is 5.59. The Kier molecular flexibility index (Phi) is 12.1. The number of benzene rings is 1. The smallest absolute Gasteiger partial charge is 0.137 e. The molecule has 2 aromatic rings. The Labute approximate surface area is 177 Å². The van der Waals surface area contributed by atoms with Gasteiger partial charge in [-0.05, 0) is 49.8 Å². The van der Waals surface area contributed by atoms with Crippen LogP contribution in [0.3, 0.4) is 0 Å². The van der Waals surface area contributed by atoms with Gasteiger partial charge in [-0.1, -0.05) is 70.2 Å². The molecule has 0 aliphatic carbocycles. The summed E-state index contributed by atoms with van der Waals surface area (Å²) in [6.45, 7) is 6.90. The Morgan fingerprint density at radius 1 is 0.690 bits per heavy atom. The van der Waals surface area contributed by atoms with Crippen LogP contribution >= 0.6 is 0 Å². The number of ether oxygens (including phenoxy) is 2. The molecular weight excluding hydrogens is 358 g/mol. The van der Waals surface area contributed by atoms with E-state index in [-0.39, 0.29) is 0 Å². The minimum absolute atomic E-state index is 0.714. The molecule has 0 aliphatic heterocycles. The van der Waals surface area contributed by atoms with Crippen molar-refractivity contribution in [3.63, 3.8) is 0 Å². The zero-order valence-electron chi connectivity index (χ0n) is 18.5. The van der Waals surface area contributed by atoms with Gasteiger partial charge in [-0.2, -0.15) is 0 Å². The lowest BCUT2D eigenvalue weighted by Crippen LogP contribution is -2.02. The maximum Gasteiger partial charge on any atom is 0.137 e. The second kappa shape index (κ2) is 15.0. The highest BCUT2D eigenvalue weighted by Crippen LogP contribution is 2.21. The third-order valence-corrected chi connectivity index (χ3v) is 5.15. The van der Waals surface area contributed by atoms with E-state index in [1.165, 1.54) is 56.9 Å². The maximum atomic E-state index is 5.81. The number of rotatable bonds is 16. The van der Waals surface area contributed by atoms with E-state index in [1.807, 2.05) is 18.3 Å². The molecule has 0 saturated heterocycles. The number of nitrogens with zero attached hydrogens (tertiary/aromatic N) is 1. The summed E-state index contributed by atoms with van der Waals surface area (Å²) in [4.78, 5) is 4.57. The molecule has 0 bridgehead atoms. The van der Waals surface area contributed by atoms with Crippen LogP contribution in [0.15, 0.2) is 42.6 Å². The Morgan fingerprint density at radius 3 is 2.07 bits per heavy atom. The van der Waals surface area contributed by atoms with Crippen molar-refractivity contribution in [2.24, 2.45) is 0 Å². The van der Waals surface area contributed by atoms with Gasteiger partial charge >= 0.3 is 0 Å². The van der Waals surface area contributed by atoms with E-state index >= 15 is 0 Å². The van der Waals surface area contributed by atoms with Crippen LogP contribution in [-0.4, -0.2) is 24.8 Å². The molecule has 29 heavy (non-hydrogen) atoms. The molecule has 1 aromatic heterocycles. The largest absolute Gasteiger partial charge is 0.492 e. The van der Waals surface area contributed by atoms with Crippen LogP contribution in [-0.2, 0) is 11.2 Å². The monoisotopic (exact) mass is 397 g/mol. The van der Waals surface area contributed by atoms with Crippen LogP contribution in [0.5, 0.6) is 5.75 Å². The third kappa shape index (κ3) is 9.94. The highest BCUT2D eigenvalue weighted by atomic mass is 16.5. The van der Waals surface area contributed by atoms with Gasteiger partial charge in [-0.15, -0.1) is 0 Å². The van der Waals surface area contributed by atoms with E-state index in [0.29, 0.717) is 6.61 Å². The maximum absolute atomic E-state index is 5.81. The second-order valence-corrected chi connectivity index (χ2v) is 7.76. The minimum atomic E-state index is 0.714. The van der Waals surface area contributed by atoms with Crippen LogP contribution in [0.2, 0.25) is 0 Å². The quantitative estimate of drug-likeness (QED) is 0.280. The molecule has 3 heteroatoms. The Hall–Kier alpha value is -1.87. The first kappa shape index (κ1) is 23.4. The molecule has 3 nitrogen and oxygen atoms in total. The zero-order valence-corrected chi connectivity index (χ0v) is 18.5. The van der Waals surface area contributed by atoms with Gasteiger partial charge < -0.3 is 9.47 Å². The molecule has 160 valence electrons. The molecule has 0 radical (unpaired) electrons. The lowest BCUT2D eigenvalue weighted by atomic mass is 10.0. The Balaban J connectivity index is 1.65. The van der Waals surface area contributed by atoms with Crippen molar-refractivity contribution < 1.29 is 9.47 Å². The summed E-state index contributed by atoms with van der Waals surface area (Å²) in [5, 5.41) is 0. The second-order valence-electron chi connectivity index (χ2n) is 7.76. The van der Waals surface area contributed by atoms with Crippen LogP contribution < -0.4 is 4.74 Å². The molecule has 0 spiro atoms. The molecule has 0 N–H and O–H groups in total. The van der Waals surface area contributed by atoms with Crippen LogP contribution in [0.25, 0.3) is 11.3 Å². The fourth-order valence-corrected chi connectivity index (χ4v) is 3.29. The normalized spacial score (nSPS) is 11.0. The predicted molar refractivity (Wildman–Crippen MR) is 123 cm³/mol. The van der Waals surface area contributed by atoms with Crippen molar-refractivity contribution >= 4 is 0 Å². The first-order valence-electron chi connectivity index (χ1n) is 11.6. The van der Waals surface area contributed by atoms with Crippen LogP contribution in [0.4, 0.5) is 0 Å². The van der Waals surface area contributed by atoms with Gasteiger partial charge in [-0.3, -0.25) is 4.98 Å². The fraction of sp³-hybridized carbons (Fsp3) is 0.577. The van der Waals surface area contributed by atoms with Crippen molar-refractivity contribution in [1.82, 2.24) is 4.98 Å². The SMILES string of the molecule is CCCCCCc1ccc(-c2ccc(OCCCCOCCCCC)cn2)cc1. The van der Waals surface area contributed by atoms with E-state index in [4.69, 9.17) is 9.47 Å². The number of hydrogen-bond acceptors (Lipinski definition) is 3. The zero-order chi connectivity index (χ0) is 20.6. The third-order valence-electron chi connectivity index (χ3n) is 5.15. The van der Waals surface area contributed by atoms with Gasteiger partial charge in [-0.25, -0.2) is 0 Å². The molecule has 0 amide bonds. The topological polar surface area (TPSA) is 31.4 Å². The van der Waals surface area contributed by atoms with Crippen molar-refractivity contribution in [2.45, 2.75) is 78.1 Å². The predicted octanol–water partition coefficient (Wildman–Crippen LogP) is 7.24. The summed E-state index contributed by atoms with van der Waals surface area (Å²) < 4.78 is 11.4. The van der Waals surface area contributed by atoms with Gasteiger partial charge in [0.2, 0.25) is 0 Å². The molecule has 0 fully saturated rings. The van der Waals surface area contributed by atoms with E-state index in [9.17, 15) is 0 Å². The van der Waals surface area contributed by atoms with Gasteiger partial charge in [0.1, 0.15) is 5.75 Å². The number of hydrogen-bond donors (Lipinski definition) is 0. The molecule has 1 heterocycles.